The molecule has 2 aromatic carbocycles. The fourth-order valence-corrected chi connectivity index (χ4v) is 3.45. The van der Waals surface area contributed by atoms with Crippen molar-refractivity contribution in [3.63, 3.8) is 0 Å². The monoisotopic (exact) mass is 362 g/mol. The molecule has 0 aliphatic carbocycles. The lowest BCUT2D eigenvalue weighted by molar-refractivity contribution is -0.151. The third-order valence-corrected chi connectivity index (χ3v) is 4.93. The summed E-state index contributed by atoms with van der Waals surface area (Å²) in [4.78, 5) is 12.1. The Bertz CT molecular complexity index is 757. The van der Waals surface area contributed by atoms with Gasteiger partial charge < -0.3 is 4.74 Å². The summed E-state index contributed by atoms with van der Waals surface area (Å²) in [6, 6.07) is 17.6. The highest BCUT2D eigenvalue weighted by atomic mass is 32.2. The molecule has 0 N–H and O–H groups in total. The van der Waals surface area contributed by atoms with Crippen LogP contribution in [0.4, 0.5) is 0 Å². The minimum Gasteiger partial charge on any atom is -0.464 e. The van der Waals surface area contributed by atoms with Gasteiger partial charge in [-0.3, -0.25) is 4.18 Å². The second-order valence-corrected chi connectivity index (χ2v) is 7.05. The first-order chi connectivity index (χ1) is 12.0. The molecule has 1 atom stereocenters. The van der Waals surface area contributed by atoms with Crippen LogP contribution in [0, 0.1) is 0 Å². The van der Waals surface area contributed by atoms with Crippen LogP contribution >= 0.6 is 0 Å². The van der Waals surface area contributed by atoms with Gasteiger partial charge in [-0.1, -0.05) is 48.5 Å². The molecule has 0 bridgehead atoms. The molecule has 2 aromatic rings. The van der Waals surface area contributed by atoms with Crippen LogP contribution in [0.15, 0.2) is 65.6 Å². The summed E-state index contributed by atoms with van der Waals surface area (Å²) in [5.74, 6) is -0.657. The first-order valence-corrected chi connectivity index (χ1v) is 9.62. The number of carbonyl (C=O) groups is 1. The summed E-state index contributed by atoms with van der Waals surface area (Å²) in [7, 11) is -4.02. The van der Waals surface area contributed by atoms with Gasteiger partial charge in [0.1, 0.15) is 0 Å². The first kappa shape index (κ1) is 19.1. The van der Waals surface area contributed by atoms with E-state index in [2.05, 4.69) is 0 Å². The third-order valence-electron chi connectivity index (χ3n) is 3.60. The molecule has 0 fully saturated rings. The van der Waals surface area contributed by atoms with Crippen LogP contribution in [0.1, 0.15) is 25.3 Å². The highest BCUT2D eigenvalue weighted by Crippen LogP contribution is 2.18. The Hall–Kier alpha value is -2.18. The van der Waals surface area contributed by atoms with Gasteiger partial charge >= 0.3 is 5.97 Å². The average molecular weight is 362 g/mol. The number of rotatable bonds is 9. The van der Waals surface area contributed by atoms with Crippen molar-refractivity contribution in [3.05, 3.63) is 66.2 Å². The van der Waals surface area contributed by atoms with Gasteiger partial charge in [0.25, 0.3) is 10.1 Å². The first-order valence-electron chi connectivity index (χ1n) is 8.22. The number of benzene rings is 2. The highest BCUT2D eigenvalue weighted by Gasteiger charge is 2.28. The summed E-state index contributed by atoms with van der Waals surface area (Å²) >= 11 is 0. The van der Waals surface area contributed by atoms with Gasteiger partial charge in [-0.2, -0.15) is 8.42 Å². The van der Waals surface area contributed by atoms with E-state index >= 15 is 0 Å². The molecule has 0 spiro atoms. The second kappa shape index (κ2) is 9.34. The van der Waals surface area contributed by atoms with Gasteiger partial charge in [0.05, 0.1) is 11.5 Å². The van der Waals surface area contributed by atoms with Crippen LogP contribution < -0.4 is 0 Å². The largest absolute Gasteiger partial charge is 0.464 e. The number of aryl methyl sites for hydroxylation is 1. The van der Waals surface area contributed by atoms with Gasteiger partial charge in [0, 0.05) is 0 Å². The van der Waals surface area contributed by atoms with Crippen molar-refractivity contribution in [1.29, 1.82) is 0 Å². The van der Waals surface area contributed by atoms with Crippen LogP contribution in [0.25, 0.3) is 0 Å². The summed E-state index contributed by atoms with van der Waals surface area (Å²) < 4.78 is 34.8. The molecule has 5 nitrogen and oxygen atoms in total. The van der Waals surface area contributed by atoms with Gasteiger partial charge in [0.2, 0.25) is 0 Å². The molecule has 25 heavy (non-hydrogen) atoms. The fourth-order valence-electron chi connectivity index (χ4n) is 2.37. The lowest BCUT2D eigenvalue weighted by Crippen LogP contribution is -2.29. The topological polar surface area (TPSA) is 69.7 Å². The number of hydrogen-bond donors (Lipinski definition) is 0. The fraction of sp³-hybridized carbons (Fsp3) is 0.316. The number of esters is 1. The van der Waals surface area contributed by atoms with E-state index in [0.717, 1.165) is 12.0 Å². The van der Waals surface area contributed by atoms with E-state index in [9.17, 15) is 13.2 Å². The van der Waals surface area contributed by atoms with Gasteiger partial charge in [-0.15, -0.1) is 0 Å². The predicted octanol–water partition coefficient (Wildman–Crippen LogP) is 3.35. The van der Waals surface area contributed by atoms with E-state index < -0.39 is 22.2 Å². The number of hydrogen-bond acceptors (Lipinski definition) is 5. The summed E-state index contributed by atoms with van der Waals surface area (Å²) in [6.07, 6.45) is 0.456. The van der Waals surface area contributed by atoms with Crippen molar-refractivity contribution in [1.82, 2.24) is 0 Å². The number of carbonyl (C=O) groups excluding carboxylic acids is 1. The minimum absolute atomic E-state index is 0.0207. The molecular weight excluding hydrogens is 340 g/mol. The lowest BCUT2D eigenvalue weighted by atomic mass is 10.1. The lowest BCUT2D eigenvalue weighted by Gasteiger charge is -2.16. The van der Waals surface area contributed by atoms with Crippen molar-refractivity contribution < 1.29 is 22.1 Å². The molecule has 0 heterocycles. The third kappa shape index (κ3) is 5.99. The van der Waals surface area contributed by atoms with Crippen LogP contribution in [0.2, 0.25) is 0 Å². The standard InChI is InChI=1S/C19H22O5S/c1-2-23-19(20)18(15-9-12-16-10-5-3-6-11-16)24-25(21,22)17-13-7-4-8-14-17/h3-8,10-11,13-14,18H,2,9,12,15H2,1H3/t18-/m1/s1. The summed E-state index contributed by atoms with van der Waals surface area (Å²) in [5.41, 5.74) is 1.12. The Morgan fingerprint density at radius 2 is 1.60 bits per heavy atom. The van der Waals surface area contributed by atoms with Crippen LogP contribution in [0.5, 0.6) is 0 Å². The Kier molecular flexibility index (Phi) is 7.16. The van der Waals surface area contributed by atoms with E-state index in [-0.39, 0.29) is 17.9 Å². The van der Waals surface area contributed by atoms with Crippen LogP contribution in [0.3, 0.4) is 0 Å². The maximum absolute atomic E-state index is 12.4. The van der Waals surface area contributed by atoms with E-state index in [1.54, 1.807) is 25.1 Å². The Labute approximate surface area is 148 Å². The Morgan fingerprint density at radius 3 is 2.20 bits per heavy atom. The van der Waals surface area contributed by atoms with E-state index in [4.69, 9.17) is 8.92 Å². The predicted molar refractivity (Wildman–Crippen MR) is 94.5 cm³/mol. The van der Waals surface area contributed by atoms with Gasteiger partial charge in [-0.25, -0.2) is 4.79 Å². The van der Waals surface area contributed by atoms with Crippen molar-refractivity contribution in [2.45, 2.75) is 37.2 Å². The molecule has 0 aliphatic heterocycles. The molecular formula is C19H22O5S. The van der Waals surface area contributed by atoms with E-state index in [1.165, 1.54) is 12.1 Å². The normalized spacial score (nSPS) is 12.5. The van der Waals surface area contributed by atoms with E-state index in [1.807, 2.05) is 30.3 Å². The Balaban J connectivity index is 2.04. The molecule has 0 unspecified atom stereocenters. The van der Waals surface area contributed by atoms with Crippen LogP contribution in [-0.4, -0.2) is 27.1 Å². The zero-order valence-electron chi connectivity index (χ0n) is 14.1. The smallest absolute Gasteiger partial charge is 0.336 e. The van der Waals surface area contributed by atoms with Gasteiger partial charge in [-0.05, 0) is 43.9 Å². The van der Waals surface area contributed by atoms with Crippen molar-refractivity contribution in [3.8, 4) is 0 Å². The molecule has 6 heteroatoms. The molecule has 0 radical (unpaired) electrons. The van der Waals surface area contributed by atoms with Gasteiger partial charge in [0.15, 0.2) is 6.10 Å². The zero-order chi connectivity index (χ0) is 18.1. The molecule has 134 valence electrons. The Morgan fingerprint density at radius 1 is 1.00 bits per heavy atom. The zero-order valence-corrected chi connectivity index (χ0v) is 14.9. The molecule has 0 saturated carbocycles. The van der Waals surface area contributed by atoms with Crippen molar-refractivity contribution in [2.24, 2.45) is 0 Å². The average Bonchev–Trinajstić information content (AvgIpc) is 2.62. The molecule has 0 amide bonds. The molecule has 0 aliphatic rings. The number of ether oxygens (including phenoxy) is 1. The summed E-state index contributed by atoms with van der Waals surface area (Å²) in [5, 5.41) is 0. The molecule has 0 aromatic heterocycles. The minimum atomic E-state index is -4.02. The summed E-state index contributed by atoms with van der Waals surface area (Å²) in [6.45, 7) is 1.84. The maximum atomic E-state index is 12.4. The maximum Gasteiger partial charge on any atom is 0.336 e. The van der Waals surface area contributed by atoms with Crippen molar-refractivity contribution >= 4 is 16.1 Å². The quantitative estimate of drug-likeness (QED) is 0.505. The molecule has 2 rings (SSSR count). The molecule has 0 saturated heterocycles. The highest BCUT2D eigenvalue weighted by molar-refractivity contribution is 7.86. The van der Waals surface area contributed by atoms with Crippen molar-refractivity contribution in [2.75, 3.05) is 6.61 Å². The second-order valence-electron chi connectivity index (χ2n) is 5.48. The van der Waals surface area contributed by atoms with E-state index in [0.29, 0.717) is 6.42 Å². The SMILES string of the molecule is CCOC(=O)[C@@H](CCCc1ccccc1)OS(=O)(=O)c1ccccc1. The van der Waals surface area contributed by atoms with Crippen LogP contribution in [-0.2, 0) is 30.3 Å².